The number of carbonyl (C=O) groups excluding carboxylic acids is 1. The lowest BCUT2D eigenvalue weighted by molar-refractivity contribution is -0.118. The van der Waals surface area contributed by atoms with Crippen LogP contribution in [0, 0.1) is 11.8 Å². The first kappa shape index (κ1) is 20.6. The van der Waals surface area contributed by atoms with Gasteiger partial charge in [-0.3, -0.25) is 4.79 Å². The summed E-state index contributed by atoms with van der Waals surface area (Å²) in [6.07, 6.45) is 3.25. The molecule has 0 saturated heterocycles. The number of aliphatic hydroxyl groups excluding tert-OH is 1. The van der Waals surface area contributed by atoms with E-state index in [1.54, 1.807) is 6.08 Å². The smallest absolute Gasteiger partial charge is 0.162 e. The zero-order chi connectivity index (χ0) is 16.8. The fourth-order valence-electron chi connectivity index (χ4n) is 2.83. The molecule has 0 rings (SSSR count). The predicted molar refractivity (Wildman–Crippen MR) is 99.6 cm³/mol. The van der Waals surface area contributed by atoms with Gasteiger partial charge in [0.25, 0.3) is 0 Å². The van der Waals surface area contributed by atoms with Crippen LogP contribution in [0.2, 0.25) is 51.4 Å². The van der Waals surface area contributed by atoms with E-state index in [0.717, 1.165) is 24.9 Å². The van der Waals surface area contributed by atoms with E-state index in [1.165, 1.54) is 0 Å². The van der Waals surface area contributed by atoms with Gasteiger partial charge in [-0.2, -0.15) is 0 Å². The van der Waals surface area contributed by atoms with E-state index in [-0.39, 0.29) is 17.6 Å². The molecule has 0 aromatic rings. The number of hydrogen-bond acceptors (Lipinski definition) is 2. The second-order valence-corrected chi connectivity index (χ2v) is 19.8. The van der Waals surface area contributed by atoms with E-state index in [9.17, 15) is 9.90 Å². The third kappa shape index (κ3) is 9.30. The molecule has 0 heterocycles. The standard InChI is InChI=1S/C17H36O2Si2/c1-9-14(10-2)16(18)11-17(19)15(12-20(3,4)5)13-21(6,7)8/h11,14-15,19H,9-10,12-13H2,1-8H3. The minimum atomic E-state index is -1.27. The first-order chi connectivity index (χ1) is 9.39. The molecule has 0 fully saturated rings. The van der Waals surface area contributed by atoms with E-state index in [2.05, 4.69) is 39.3 Å². The van der Waals surface area contributed by atoms with Crippen molar-refractivity contribution in [3.8, 4) is 0 Å². The molecule has 0 aromatic heterocycles. The molecule has 0 amide bonds. The van der Waals surface area contributed by atoms with Gasteiger partial charge in [0.2, 0.25) is 0 Å². The summed E-state index contributed by atoms with van der Waals surface area (Å²) in [5.41, 5.74) is 0. The first-order valence-corrected chi connectivity index (χ1v) is 15.8. The Kier molecular flexibility index (Phi) is 8.18. The quantitative estimate of drug-likeness (QED) is 0.333. The average Bonchev–Trinajstić information content (AvgIpc) is 2.25. The highest BCUT2D eigenvalue weighted by Gasteiger charge is 2.29. The summed E-state index contributed by atoms with van der Waals surface area (Å²) in [7, 11) is -2.54. The Bertz CT molecular complexity index is 342. The molecule has 0 unspecified atom stereocenters. The minimum absolute atomic E-state index is 0.0616. The van der Waals surface area contributed by atoms with Crippen molar-refractivity contribution in [3.63, 3.8) is 0 Å². The lowest BCUT2D eigenvalue weighted by atomic mass is 9.96. The fraction of sp³-hybridized carbons (Fsp3) is 0.824. The molecular formula is C17H36O2Si2. The van der Waals surface area contributed by atoms with Crippen LogP contribution < -0.4 is 0 Å². The van der Waals surface area contributed by atoms with Crippen molar-refractivity contribution in [2.45, 2.75) is 78.1 Å². The number of hydrogen-bond donors (Lipinski definition) is 1. The molecule has 2 nitrogen and oxygen atoms in total. The van der Waals surface area contributed by atoms with Crippen molar-refractivity contribution in [3.05, 3.63) is 11.8 Å². The molecule has 1 N–H and O–H groups in total. The molecular weight excluding hydrogens is 292 g/mol. The highest BCUT2D eigenvalue weighted by Crippen LogP contribution is 2.30. The van der Waals surface area contributed by atoms with Crippen molar-refractivity contribution < 1.29 is 9.90 Å². The Hall–Kier alpha value is -0.356. The maximum Gasteiger partial charge on any atom is 0.162 e. The van der Waals surface area contributed by atoms with Gasteiger partial charge < -0.3 is 5.11 Å². The molecule has 0 atom stereocenters. The van der Waals surface area contributed by atoms with Crippen molar-refractivity contribution >= 4 is 21.9 Å². The predicted octanol–water partition coefficient (Wildman–Crippen LogP) is 5.73. The van der Waals surface area contributed by atoms with Gasteiger partial charge in [0.05, 0.1) is 5.76 Å². The average molecular weight is 329 g/mol. The summed E-state index contributed by atoms with van der Waals surface area (Å²) in [4.78, 5) is 12.2. The summed E-state index contributed by atoms with van der Waals surface area (Å²) in [6, 6.07) is 2.13. The van der Waals surface area contributed by atoms with Crippen LogP contribution in [0.15, 0.2) is 11.8 Å². The van der Waals surface area contributed by atoms with Gasteiger partial charge in [-0.15, -0.1) is 0 Å². The molecule has 0 aliphatic carbocycles. The third-order valence-corrected chi connectivity index (χ3v) is 7.25. The maximum atomic E-state index is 12.2. The van der Waals surface area contributed by atoms with Gasteiger partial charge >= 0.3 is 0 Å². The summed E-state index contributed by atoms with van der Waals surface area (Å²) in [6.45, 7) is 18.1. The number of aliphatic hydroxyl groups is 1. The van der Waals surface area contributed by atoms with Gasteiger partial charge in [-0.05, 0) is 24.9 Å². The van der Waals surface area contributed by atoms with Crippen molar-refractivity contribution in [2.75, 3.05) is 0 Å². The van der Waals surface area contributed by atoms with Gasteiger partial charge in [0, 0.05) is 34.1 Å². The van der Waals surface area contributed by atoms with E-state index in [4.69, 9.17) is 0 Å². The summed E-state index contributed by atoms with van der Waals surface area (Å²) >= 11 is 0. The molecule has 0 aliphatic rings. The highest BCUT2D eigenvalue weighted by molar-refractivity contribution is 6.77. The Balaban J connectivity index is 5.17. The molecule has 0 bridgehead atoms. The number of ketones is 1. The van der Waals surface area contributed by atoms with E-state index >= 15 is 0 Å². The summed E-state index contributed by atoms with van der Waals surface area (Å²) < 4.78 is 0. The Morgan fingerprint density at radius 1 is 0.905 bits per heavy atom. The Labute approximate surface area is 134 Å². The summed E-state index contributed by atoms with van der Waals surface area (Å²) in [5, 5.41) is 10.5. The van der Waals surface area contributed by atoms with E-state index in [0.29, 0.717) is 5.76 Å². The van der Waals surface area contributed by atoms with Gasteiger partial charge in [0.15, 0.2) is 5.78 Å². The van der Waals surface area contributed by atoms with Crippen LogP contribution >= 0.6 is 0 Å². The molecule has 124 valence electrons. The summed E-state index contributed by atoms with van der Waals surface area (Å²) in [5.74, 6) is 0.693. The van der Waals surface area contributed by atoms with Crippen LogP contribution in [0.3, 0.4) is 0 Å². The Morgan fingerprint density at radius 2 is 1.29 bits per heavy atom. The van der Waals surface area contributed by atoms with E-state index in [1.807, 2.05) is 13.8 Å². The van der Waals surface area contributed by atoms with Crippen LogP contribution in [0.25, 0.3) is 0 Å². The molecule has 0 spiro atoms. The SMILES string of the molecule is CCC(CC)C(=O)C=C(O)C(C[Si](C)(C)C)C[Si](C)(C)C. The molecule has 21 heavy (non-hydrogen) atoms. The zero-order valence-electron chi connectivity index (χ0n) is 15.4. The maximum absolute atomic E-state index is 12.2. The van der Waals surface area contributed by atoms with Crippen LogP contribution in [0.5, 0.6) is 0 Å². The van der Waals surface area contributed by atoms with Crippen LogP contribution in [-0.4, -0.2) is 27.0 Å². The van der Waals surface area contributed by atoms with Crippen LogP contribution in [-0.2, 0) is 4.79 Å². The van der Waals surface area contributed by atoms with Crippen LogP contribution in [0.1, 0.15) is 26.7 Å². The van der Waals surface area contributed by atoms with Crippen molar-refractivity contribution in [1.82, 2.24) is 0 Å². The highest BCUT2D eigenvalue weighted by atomic mass is 28.3. The van der Waals surface area contributed by atoms with Gasteiger partial charge in [0.1, 0.15) is 0 Å². The lowest BCUT2D eigenvalue weighted by Gasteiger charge is -2.29. The molecule has 0 radical (unpaired) electrons. The zero-order valence-corrected chi connectivity index (χ0v) is 17.4. The Morgan fingerprint density at radius 3 is 1.57 bits per heavy atom. The van der Waals surface area contributed by atoms with Crippen molar-refractivity contribution in [2.24, 2.45) is 11.8 Å². The van der Waals surface area contributed by atoms with Gasteiger partial charge in [-0.25, -0.2) is 0 Å². The second kappa shape index (κ2) is 8.32. The minimum Gasteiger partial charge on any atom is -0.512 e. The molecule has 0 aromatic carbocycles. The monoisotopic (exact) mass is 328 g/mol. The normalized spacial score (nSPS) is 14.1. The second-order valence-electron chi connectivity index (χ2n) is 8.71. The number of allylic oxidation sites excluding steroid dienone is 2. The van der Waals surface area contributed by atoms with Crippen LogP contribution in [0.4, 0.5) is 0 Å². The number of carbonyl (C=O) groups is 1. The molecule has 0 saturated carbocycles. The third-order valence-electron chi connectivity index (χ3n) is 3.81. The first-order valence-electron chi connectivity index (χ1n) is 8.34. The number of rotatable bonds is 9. The van der Waals surface area contributed by atoms with Crippen molar-refractivity contribution in [1.29, 1.82) is 0 Å². The largest absolute Gasteiger partial charge is 0.512 e. The van der Waals surface area contributed by atoms with E-state index < -0.39 is 16.1 Å². The lowest BCUT2D eigenvalue weighted by Crippen LogP contribution is -2.31. The van der Waals surface area contributed by atoms with Gasteiger partial charge in [-0.1, -0.05) is 53.1 Å². The fourth-order valence-corrected chi connectivity index (χ4v) is 6.78. The topological polar surface area (TPSA) is 37.3 Å². The molecule has 0 aliphatic heterocycles. The molecule has 4 heteroatoms.